The van der Waals surface area contributed by atoms with E-state index in [2.05, 4.69) is 4.98 Å². The van der Waals surface area contributed by atoms with E-state index in [0.29, 0.717) is 18.7 Å². The summed E-state index contributed by atoms with van der Waals surface area (Å²) < 4.78 is 5.86. The lowest BCUT2D eigenvalue weighted by molar-refractivity contribution is 0.0904. The van der Waals surface area contributed by atoms with Crippen molar-refractivity contribution in [1.29, 1.82) is 0 Å². The minimum absolute atomic E-state index is 0.162. The summed E-state index contributed by atoms with van der Waals surface area (Å²) >= 11 is 1.63. The largest absolute Gasteiger partial charge is 0.367 e. The average Bonchev–Trinajstić information content (AvgIpc) is 2.91. The molecule has 1 heterocycles. The highest BCUT2D eigenvalue weighted by molar-refractivity contribution is 7.12. The highest BCUT2D eigenvalue weighted by Crippen LogP contribution is 2.34. The molecule has 1 unspecified atom stereocenters. The van der Waals surface area contributed by atoms with Crippen molar-refractivity contribution in [3.63, 3.8) is 0 Å². The third-order valence-electron chi connectivity index (χ3n) is 3.45. The Labute approximate surface area is 122 Å². The van der Waals surface area contributed by atoms with Crippen LogP contribution in [0.2, 0.25) is 0 Å². The van der Waals surface area contributed by atoms with Crippen LogP contribution in [0, 0.1) is 0 Å². The van der Waals surface area contributed by atoms with Crippen LogP contribution in [0.3, 0.4) is 0 Å². The minimum atomic E-state index is -0.162. The van der Waals surface area contributed by atoms with Crippen molar-refractivity contribution in [3.8, 4) is 0 Å². The quantitative estimate of drug-likeness (QED) is 0.859. The van der Waals surface area contributed by atoms with Gasteiger partial charge < -0.3 is 4.74 Å². The molecule has 1 aromatic carbocycles. The molecular formula is C16H17NO2S. The molecule has 0 saturated heterocycles. The normalized spacial score (nSPS) is 15.9. The first-order valence-corrected chi connectivity index (χ1v) is 7.80. The molecule has 0 aliphatic heterocycles. The summed E-state index contributed by atoms with van der Waals surface area (Å²) in [4.78, 5) is 17.6. The van der Waals surface area contributed by atoms with E-state index in [0.717, 1.165) is 28.3 Å². The Balaban J connectivity index is 1.98. The van der Waals surface area contributed by atoms with Crippen LogP contribution in [0.4, 0.5) is 0 Å². The number of ether oxygens (including phenoxy) is 1. The van der Waals surface area contributed by atoms with E-state index in [1.807, 2.05) is 37.3 Å². The fourth-order valence-electron chi connectivity index (χ4n) is 2.50. The molecule has 0 fully saturated rings. The number of hydrogen-bond donors (Lipinski definition) is 0. The van der Waals surface area contributed by atoms with Crippen LogP contribution < -0.4 is 0 Å². The van der Waals surface area contributed by atoms with E-state index in [1.54, 1.807) is 11.3 Å². The summed E-state index contributed by atoms with van der Waals surface area (Å²) in [7, 11) is 0. The Morgan fingerprint density at radius 3 is 2.80 bits per heavy atom. The molecule has 0 N–H and O–H groups in total. The summed E-state index contributed by atoms with van der Waals surface area (Å²) in [6.07, 6.45) is 2.37. The second kappa shape index (κ2) is 5.85. The number of aryl methyl sites for hydroxylation is 1. The van der Waals surface area contributed by atoms with Crippen molar-refractivity contribution in [1.82, 2.24) is 4.98 Å². The molecule has 3 nitrogen and oxygen atoms in total. The molecule has 1 atom stereocenters. The van der Waals surface area contributed by atoms with E-state index in [-0.39, 0.29) is 11.9 Å². The van der Waals surface area contributed by atoms with Crippen LogP contribution in [0.25, 0.3) is 0 Å². The number of thiazole rings is 1. The number of fused-ring (bicyclic) bond motifs is 1. The number of carbonyl (C=O) groups is 1. The van der Waals surface area contributed by atoms with Crippen LogP contribution in [0.5, 0.6) is 0 Å². The molecule has 0 saturated carbocycles. The fraction of sp³-hybridized carbons (Fsp3) is 0.375. The Hall–Kier alpha value is -1.52. The molecule has 3 rings (SSSR count). The number of benzene rings is 1. The van der Waals surface area contributed by atoms with Crippen LogP contribution in [0.1, 0.15) is 51.8 Å². The molecule has 0 spiro atoms. The molecule has 104 valence electrons. The molecule has 0 radical (unpaired) electrons. The van der Waals surface area contributed by atoms with Crippen molar-refractivity contribution in [3.05, 3.63) is 51.5 Å². The first-order valence-electron chi connectivity index (χ1n) is 6.99. The van der Waals surface area contributed by atoms with E-state index >= 15 is 0 Å². The fourth-order valence-corrected chi connectivity index (χ4v) is 3.70. The van der Waals surface area contributed by atoms with Gasteiger partial charge in [0.25, 0.3) is 0 Å². The number of ketones is 1. The van der Waals surface area contributed by atoms with Gasteiger partial charge in [-0.1, -0.05) is 30.3 Å². The maximum absolute atomic E-state index is 11.9. The lowest BCUT2D eigenvalue weighted by atomic mass is 10.0. The predicted octanol–water partition coefficient (Wildman–Crippen LogP) is 3.79. The van der Waals surface area contributed by atoms with Crippen molar-refractivity contribution < 1.29 is 9.53 Å². The first kappa shape index (κ1) is 13.5. The van der Waals surface area contributed by atoms with Gasteiger partial charge in [0.05, 0.1) is 0 Å². The van der Waals surface area contributed by atoms with E-state index in [9.17, 15) is 4.79 Å². The standard InChI is InChI=1S/C16H17NO2S/c1-2-19-15(11-7-4-3-5-8-11)16-17-14-12(18)9-6-10-13(14)20-16/h3-5,7-8,15H,2,6,9-10H2,1H3. The SMILES string of the molecule is CCOC(c1ccccc1)c1nc2c(s1)CCCC2=O. The number of rotatable bonds is 4. The van der Waals surface area contributed by atoms with Crippen LogP contribution >= 0.6 is 11.3 Å². The molecule has 2 aromatic rings. The van der Waals surface area contributed by atoms with Gasteiger partial charge in [0, 0.05) is 17.9 Å². The summed E-state index contributed by atoms with van der Waals surface area (Å²) in [5.74, 6) is 0.178. The Bertz CT molecular complexity index is 606. The molecule has 0 bridgehead atoms. The molecule has 1 aromatic heterocycles. The van der Waals surface area contributed by atoms with Gasteiger partial charge in [0.2, 0.25) is 0 Å². The Kier molecular flexibility index (Phi) is 3.94. The lowest BCUT2D eigenvalue weighted by Crippen LogP contribution is -2.10. The summed E-state index contributed by atoms with van der Waals surface area (Å²) in [6, 6.07) is 10.1. The summed E-state index contributed by atoms with van der Waals surface area (Å²) in [5, 5.41) is 0.901. The number of Topliss-reactive ketones (excluding diaryl/α,β-unsaturated/α-hetero) is 1. The minimum Gasteiger partial charge on any atom is -0.367 e. The third kappa shape index (κ3) is 2.53. The smallest absolute Gasteiger partial charge is 0.182 e. The molecular weight excluding hydrogens is 270 g/mol. The maximum Gasteiger partial charge on any atom is 0.182 e. The van der Waals surface area contributed by atoms with Crippen molar-refractivity contribution in [2.24, 2.45) is 0 Å². The van der Waals surface area contributed by atoms with E-state index < -0.39 is 0 Å². The van der Waals surface area contributed by atoms with Gasteiger partial charge in [-0.3, -0.25) is 4.79 Å². The molecule has 1 aliphatic rings. The zero-order valence-corrected chi connectivity index (χ0v) is 12.3. The molecule has 0 amide bonds. The Morgan fingerprint density at radius 1 is 1.30 bits per heavy atom. The summed E-state index contributed by atoms with van der Waals surface area (Å²) in [5.41, 5.74) is 1.77. The number of aromatic nitrogens is 1. The second-order valence-electron chi connectivity index (χ2n) is 4.85. The maximum atomic E-state index is 11.9. The van der Waals surface area contributed by atoms with E-state index in [1.165, 1.54) is 0 Å². The highest BCUT2D eigenvalue weighted by atomic mass is 32.1. The van der Waals surface area contributed by atoms with Gasteiger partial charge in [-0.15, -0.1) is 11.3 Å². The zero-order valence-electron chi connectivity index (χ0n) is 11.5. The van der Waals surface area contributed by atoms with Crippen LogP contribution in [-0.2, 0) is 11.2 Å². The number of hydrogen-bond acceptors (Lipinski definition) is 4. The lowest BCUT2D eigenvalue weighted by Gasteiger charge is -2.14. The number of carbonyl (C=O) groups excluding carboxylic acids is 1. The highest BCUT2D eigenvalue weighted by Gasteiger charge is 2.26. The molecule has 1 aliphatic carbocycles. The Morgan fingerprint density at radius 2 is 2.10 bits per heavy atom. The van der Waals surface area contributed by atoms with Crippen LogP contribution in [0.15, 0.2) is 30.3 Å². The summed E-state index contributed by atoms with van der Waals surface area (Å²) in [6.45, 7) is 2.60. The van der Waals surface area contributed by atoms with E-state index in [4.69, 9.17) is 4.74 Å². The van der Waals surface area contributed by atoms with Crippen molar-refractivity contribution in [2.45, 2.75) is 32.3 Å². The average molecular weight is 287 g/mol. The van der Waals surface area contributed by atoms with Gasteiger partial charge in [0.15, 0.2) is 5.78 Å². The molecule has 20 heavy (non-hydrogen) atoms. The number of nitrogens with zero attached hydrogens (tertiary/aromatic N) is 1. The van der Waals surface area contributed by atoms with Gasteiger partial charge in [-0.25, -0.2) is 4.98 Å². The van der Waals surface area contributed by atoms with Crippen LogP contribution in [-0.4, -0.2) is 17.4 Å². The zero-order chi connectivity index (χ0) is 13.9. The van der Waals surface area contributed by atoms with Gasteiger partial charge in [-0.2, -0.15) is 0 Å². The van der Waals surface area contributed by atoms with Gasteiger partial charge in [0.1, 0.15) is 16.8 Å². The monoisotopic (exact) mass is 287 g/mol. The van der Waals surface area contributed by atoms with Crippen molar-refractivity contribution >= 4 is 17.1 Å². The molecule has 4 heteroatoms. The van der Waals surface area contributed by atoms with Gasteiger partial charge >= 0.3 is 0 Å². The first-order chi connectivity index (χ1) is 9.79. The topological polar surface area (TPSA) is 39.2 Å². The third-order valence-corrected chi connectivity index (χ3v) is 4.60. The predicted molar refractivity (Wildman–Crippen MR) is 79.3 cm³/mol. The van der Waals surface area contributed by atoms with Gasteiger partial charge in [-0.05, 0) is 25.3 Å². The second-order valence-corrected chi connectivity index (χ2v) is 5.96. The van der Waals surface area contributed by atoms with Crippen molar-refractivity contribution in [2.75, 3.05) is 6.61 Å².